The third kappa shape index (κ3) is 5.90. The molecule has 2 amide bonds. The van der Waals surface area contributed by atoms with Crippen LogP contribution in [0.15, 0.2) is 48.5 Å². The zero-order chi connectivity index (χ0) is 24.0. The summed E-state index contributed by atoms with van der Waals surface area (Å²) in [4.78, 5) is 36.0. The van der Waals surface area contributed by atoms with Crippen molar-refractivity contribution in [2.24, 2.45) is 0 Å². The van der Waals surface area contributed by atoms with Gasteiger partial charge in [0.05, 0.1) is 6.10 Å². The number of hydrogen-bond acceptors (Lipinski definition) is 5. The zero-order valence-corrected chi connectivity index (χ0v) is 18.8. The van der Waals surface area contributed by atoms with Crippen LogP contribution in [0.2, 0.25) is 0 Å². The Morgan fingerprint density at radius 1 is 1.00 bits per heavy atom. The number of amides is 2. The summed E-state index contributed by atoms with van der Waals surface area (Å²) >= 11 is 0. The smallest absolute Gasteiger partial charge is 0.407 e. The van der Waals surface area contributed by atoms with Gasteiger partial charge in [-0.25, -0.2) is 9.59 Å². The molecule has 8 heteroatoms. The Morgan fingerprint density at radius 3 is 2.09 bits per heavy atom. The van der Waals surface area contributed by atoms with E-state index in [9.17, 15) is 19.5 Å². The number of aliphatic hydroxyl groups is 1. The van der Waals surface area contributed by atoms with Crippen molar-refractivity contribution in [3.8, 4) is 11.1 Å². The number of carbonyl (C=O) groups excluding carboxylic acids is 2. The van der Waals surface area contributed by atoms with Crippen LogP contribution >= 0.6 is 0 Å². The maximum absolute atomic E-state index is 12.5. The van der Waals surface area contributed by atoms with E-state index >= 15 is 0 Å². The predicted octanol–water partition coefficient (Wildman–Crippen LogP) is 3.03. The standard InChI is InChI=1S/C25H30N2O6/c1-3-8-16(13-22(29)27-23(15(2)28)24(30)31)26-25(32)33-14-21-19-11-6-4-9-17(19)18-10-5-7-12-20(18)21/h4-7,9-12,15-16,21,23,28H,3,8,13-14H2,1-2H3,(H,26,32)(H,27,29)(H,30,31). The summed E-state index contributed by atoms with van der Waals surface area (Å²) < 4.78 is 5.54. The third-order valence-corrected chi connectivity index (χ3v) is 5.80. The summed E-state index contributed by atoms with van der Waals surface area (Å²) in [6.07, 6.45) is -0.765. The summed E-state index contributed by atoms with van der Waals surface area (Å²) in [5.74, 6) is -1.96. The molecule has 3 atom stereocenters. The molecule has 3 rings (SSSR count). The average molecular weight is 455 g/mol. The van der Waals surface area contributed by atoms with Crippen LogP contribution in [0, 0.1) is 0 Å². The minimum absolute atomic E-state index is 0.0709. The zero-order valence-electron chi connectivity index (χ0n) is 18.8. The molecule has 0 aromatic heterocycles. The number of carboxylic acid groups (broad SMARTS) is 1. The molecule has 1 aliphatic carbocycles. The van der Waals surface area contributed by atoms with Gasteiger partial charge in [0.25, 0.3) is 0 Å². The summed E-state index contributed by atoms with van der Waals surface area (Å²) in [6, 6.07) is 14.2. The van der Waals surface area contributed by atoms with Crippen molar-refractivity contribution in [1.29, 1.82) is 0 Å². The summed E-state index contributed by atoms with van der Waals surface area (Å²) in [5, 5.41) is 23.7. The van der Waals surface area contributed by atoms with E-state index in [-0.39, 0.29) is 18.9 Å². The molecule has 33 heavy (non-hydrogen) atoms. The lowest BCUT2D eigenvalue weighted by Gasteiger charge is -2.21. The van der Waals surface area contributed by atoms with Crippen LogP contribution in [0.25, 0.3) is 11.1 Å². The average Bonchev–Trinajstić information content (AvgIpc) is 3.09. The summed E-state index contributed by atoms with van der Waals surface area (Å²) in [6.45, 7) is 3.37. The molecule has 0 fully saturated rings. The number of carbonyl (C=O) groups is 3. The number of aliphatic carboxylic acids is 1. The maximum Gasteiger partial charge on any atom is 0.407 e. The normalized spacial score (nSPS) is 15.0. The lowest BCUT2D eigenvalue weighted by molar-refractivity contribution is -0.144. The first-order valence-electron chi connectivity index (χ1n) is 11.1. The highest BCUT2D eigenvalue weighted by Crippen LogP contribution is 2.44. The Kier molecular flexibility index (Phi) is 8.06. The van der Waals surface area contributed by atoms with Crippen molar-refractivity contribution in [3.05, 3.63) is 59.7 Å². The molecular weight excluding hydrogens is 424 g/mol. The first-order chi connectivity index (χ1) is 15.8. The topological polar surface area (TPSA) is 125 Å². The molecule has 176 valence electrons. The molecule has 1 aliphatic rings. The molecular formula is C25H30N2O6. The highest BCUT2D eigenvalue weighted by Gasteiger charge is 2.30. The van der Waals surface area contributed by atoms with Crippen LogP contribution in [0.4, 0.5) is 4.79 Å². The number of fused-ring (bicyclic) bond motifs is 3. The summed E-state index contributed by atoms with van der Waals surface area (Å²) in [7, 11) is 0. The Balaban J connectivity index is 1.59. The van der Waals surface area contributed by atoms with Crippen LogP contribution in [-0.4, -0.2) is 53.0 Å². The van der Waals surface area contributed by atoms with Crippen LogP contribution in [0.1, 0.15) is 50.2 Å². The fourth-order valence-corrected chi connectivity index (χ4v) is 4.23. The van der Waals surface area contributed by atoms with Crippen LogP contribution in [-0.2, 0) is 14.3 Å². The number of ether oxygens (including phenoxy) is 1. The largest absolute Gasteiger partial charge is 0.480 e. The summed E-state index contributed by atoms with van der Waals surface area (Å²) in [5.41, 5.74) is 4.48. The molecule has 0 spiro atoms. The van der Waals surface area contributed by atoms with Crippen LogP contribution in [0.3, 0.4) is 0 Å². The molecule has 0 saturated heterocycles. The number of hydrogen-bond donors (Lipinski definition) is 4. The van der Waals surface area contributed by atoms with E-state index in [2.05, 4.69) is 22.8 Å². The van der Waals surface area contributed by atoms with Gasteiger partial charge in [-0.3, -0.25) is 4.79 Å². The minimum Gasteiger partial charge on any atom is -0.480 e. The van der Waals surface area contributed by atoms with Crippen LogP contribution in [0.5, 0.6) is 0 Å². The third-order valence-electron chi connectivity index (χ3n) is 5.80. The number of nitrogens with one attached hydrogen (secondary N) is 2. The lowest BCUT2D eigenvalue weighted by Crippen LogP contribution is -2.49. The lowest BCUT2D eigenvalue weighted by atomic mass is 9.98. The van der Waals surface area contributed by atoms with Crippen molar-refractivity contribution in [1.82, 2.24) is 10.6 Å². The van der Waals surface area contributed by atoms with E-state index in [1.54, 1.807) is 0 Å². The number of rotatable bonds is 10. The second-order valence-corrected chi connectivity index (χ2v) is 8.28. The Morgan fingerprint density at radius 2 is 1.58 bits per heavy atom. The molecule has 0 aliphatic heterocycles. The van der Waals surface area contributed by atoms with E-state index in [0.717, 1.165) is 22.3 Å². The highest BCUT2D eigenvalue weighted by atomic mass is 16.5. The van der Waals surface area contributed by atoms with Gasteiger partial charge in [-0.1, -0.05) is 61.9 Å². The van der Waals surface area contributed by atoms with Gasteiger partial charge < -0.3 is 25.6 Å². The van der Waals surface area contributed by atoms with Crippen molar-refractivity contribution in [2.45, 2.75) is 57.2 Å². The van der Waals surface area contributed by atoms with Gasteiger partial charge in [0.2, 0.25) is 5.91 Å². The van der Waals surface area contributed by atoms with E-state index < -0.39 is 36.2 Å². The van der Waals surface area contributed by atoms with E-state index in [4.69, 9.17) is 9.84 Å². The second-order valence-electron chi connectivity index (χ2n) is 8.28. The number of alkyl carbamates (subject to hydrolysis) is 1. The molecule has 0 radical (unpaired) electrons. The fraction of sp³-hybridized carbons (Fsp3) is 0.400. The maximum atomic E-state index is 12.5. The highest BCUT2D eigenvalue weighted by molar-refractivity contribution is 5.84. The molecule has 8 nitrogen and oxygen atoms in total. The van der Waals surface area contributed by atoms with Gasteiger partial charge in [-0.05, 0) is 35.6 Å². The number of benzene rings is 2. The Hall–Kier alpha value is -3.39. The monoisotopic (exact) mass is 454 g/mol. The predicted molar refractivity (Wildman–Crippen MR) is 123 cm³/mol. The van der Waals surface area contributed by atoms with Gasteiger partial charge in [0.15, 0.2) is 6.04 Å². The van der Waals surface area contributed by atoms with Gasteiger partial charge in [-0.15, -0.1) is 0 Å². The van der Waals surface area contributed by atoms with Gasteiger partial charge in [-0.2, -0.15) is 0 Å². The molecule has 4 N–H and O–H groups in total. The van der Waals surface area contributed by atoms with E-state index in [1.807, 2.05) is 43.3 Å². The number of aliphatic hydroxyl groups excluding tert-OH is 1. The van der Waals surface area contributed by atoms with Gasteiger partial charge in [0, 0.05) is 18.4 Å². The Bertz CT molecular complexity index is 960. The molecule has 2 aromatic carbocycles. The van der Waals surface area contributed by atoms with Crippen molar-refractivity contribution in [3.63, 3.8) is 0 Å². The first kappa shape index (κ1) is 24.3. The van der Waals surface area contributed by atoms with E-state index in [1.165, 1.54) is 6.92 Å². The molecule has 0 bridgehead atoms. The quantitative estimate of drug-likeness (QED) is 0.437. The SMILES string of the molecule is CCCC(CC(=O)NC(C(=O)O)C(C)O)NC(=O)OCC1c2ccccc2-c2ccccc21. The molecule has 2 aromatic rings. The minimum atomic E-state index is -1.41. The van der Waals surface area contributed by atoms with E-state index in [0.29, 0.717) is 12.8 Å². The fourth-order valence-electron chi connectivity index (χ4n) is 4.23. The first-order valence-corrected chi connectivity index (χ1v) is 11.1. The second kappa shape index (κ2) is 11.0. The van der Waals surface area contributed by atoms with Crippen molar-refractivity contribution < 1.29 is 29.3 Å². The Labute approximate surface area is 193 Å². The molecule has 0 saturated carbocycles. The van der Waals surface area contributed by atoms with Gasteiger partial charge in [0.1, 0.15) is 6.61 Å². The molecule has 0 heterocycles. The van der Waals surface area contributed by atoms with Crippen molar-refractivity contribution >= 4 is 18.0 Å². The van der Waals surface area contributed by atoms with Crippen LogP contribution < -0.4 is 10.6 Å². The number of carboxylic acids is 1. The van der Waals surface area contributed by atoms with Crippen molar-refractivity contribution in [2.75, 3.05) is 6.61 Å². The molecule has 3 unspecified atom stereocenters. The van der Waals surface area contributed by atoms with Gasteiger partial charge >= 0.3 is 12.1 Å².